The molecule has 0 bridgehead atoms. The molecule has 1 amide bonds. The molecular formula is C21H33FIN5O3. The maximum absolute atomic E-state index is 12.9. The second kappa shape index (κ2) is 13.0. The van der Waals surface area contributed by atoms with Gasteiger partial charge in [-0.1, -0.05) is 0 Å². The standard InChI is InChI=1S/C21H32FN5O3.HI/c1-2-23-21(24-13-18(28)15-30-19-7-3-16(22)4-8-19)27-11-9-26(10-12-27)14-20(29)25-17-5-6-17;/h3-4,7-8,17-18,28H,2,5-6,9-15H2,1H3,(H,23,24)(H,25,29);1H. The number of guanidine groups is 1. The maximum Gasteiger partial charge on any atom is 0.234 e. The van der Waals surface area contributed by atoms with Gasteiger partial charge in [-0.2, -0.15) is 0 Å². The molecule has 3 rings (SSSR count). The maximum atomic E-state index is 12.9. The van der Waals surface area contributed by atoms with Gasteiger partial charge in [0.05, 0.1) is 13.1 Å². The summed E-state index contributed by atoms with van der Waals surface area (Å²) in [6, 6.07) is 6.08. The van der Waals surface area contributed by atoms with Gasteiger partial charge in [0, 0.05) is 38.8 Å². The van der Waals surface area contributed by atoms with Crippen LogP contribution in [0.3, 0.4) is 0 Å². The van der Waals surface area contributed by atoms with Crippen molar-refractivity contribution in [3.63, 3.8) is 0 Å². The summed E-state index contributed by atoms with van der Waals surface area (Å²) in [5.41, 5.74) is 0. The highest BCUT2D eigenvalue weighted by Gasteiger charge is 2.26. The predicted octanol–water partition coefficient (Wildman–Crippen LogP) is 1.05. The largest absolute Gasteiger partial charge is 0.491 e. The lowest BCUT2D eigenvalue weighted by molar-refractivity contribution is -0.122. The van der Waals surface area contributed by atoms with Gasteiger partial charge in [0.25, 0.3) is 0 Å². The van der Waals surface area contributed by atoms with Gasteiger partial charge in [-0.05, 0) is 44.0 Å². The number of nitrogens with one attached hydrogen (secondary N) is 2. The van der Waals surface area contributed by atoms with Crippen LogP contribution in [0, 0.1) is 5.82 Å². The summed E-state index contributed by atoms with van der Waals surface area (Å²) in [6.07, 6.45) is 1.43. The Kier molecular flexibility index (Phi) is 10.7. The molecule has 31 heavy (non-hydrogen) atoms. The van der Waals surface area contributed by atoms with Gasteiger partial charge in [0.1, 0.15) is 24.3 Å². The number of amides is 1. The molecule has 1 aliphatic carbocycles. The molecule has 1 aliphatic heterocycles. The number of hydrogen-bond acceptors (Lipinski definition) is 5. The van der Waals surface area contributed by atoms with E-state index >= 15 is 0 Å². The molecule has 10 heteroatoms. The average Bonchev–Trinajstić information content (AvgIpc) is 3.55. The first-order valence-corrected chi connectivity index (χ1v) is 10.6. The van der Waals surface area contributed by atoms with Crippen LogP contribution < -0.4 is 15.4 Å². The van der Waals surface area contributed by atoms with Crippen LogP contribution in [-0.2, 0) is 4.79 Å². The van der Waals surface area contributed by atoms with Crippen LogP contribution in [0.15, 0.2) is 29.3 Å². The number of piperazine rings is 1. The topological polar surface area (TPSA) is 89.4 Å². The zero-order chi connectivity index (χ0) is 21.3. The van der Waals surface area contributed by atoms with Crippen LogP contribution >= 0.6 is 24.0 Å². The van der Waals surface area contributed by atoms with Crippen LogP contribution in [0.2, 0.25) is 0 Å². The van der Waals surface area contributed by atoms with E-state index in [0.717, 1.165) is 51.5 Å². The molecule has 0 radical (unpaired) electrons. The molecule has 1 atom stereocenters. The van der Waals surface area contributed by atoms with E-state index in [0.29, 0.717) is 18.3 Å². The lowest BCUT2D eigenvalue weighted by Crippen LogP contribution is -2.54. The van der Waals surface area contributed by atoms with Crippen molar-refractivity contribution in [3.8, 4) is 5.75 Å². The fourth-order valence-corrected chi connectivity index (χ4v) is 3.22. The van der Waals surface area contributed by atoms with Gasteiger partial charge in [-0.25, -0.2) is 4.39 Å². The molecule has 8 nitrogen and oxygen atoms in total. The third-order valence-corrected chi connectivity index (χ3v) is 5.02. The van der Waals surface area contributed by atoms with Gasteiger partial charge >= 0.3 is 0 Å². The van der Waals surface area contributed by atoms with Crippen molar-refractivity contribution in [2.24, 2.45) is 4.99 Å². The van der Waals surface area contributed by atoms with Crippen molar-refractivity contribution in [1.82, 2.24) is 20.4 Å². The third-order valence-electron chi connectivity index (χ3n) is 5.02. The number of nitrogens with zero attached hydrogens (tertiary/aromatic N) is 3. The number of rotatable bonds is 9. The van der Waals surface area contributed by atoms with Crippen molar-refractivity contribution in [3.05, 3.63) is 30.1 Å². The van der Waals surface area contributed by atoms with Crippen molar-refractivity contribution in [2.45, 2.75) is 31.9 Å². The van der Waals surface area contributed by atoms with Crippen molar-refractivity contribution < 1.29 is 19.0 Å². The van der Waals surface area contributed by atoms with Crippen LogP contribution in [0.4, 0.5) is 4.39 Å². The monoisotopic (exact) mass is 549 g/mol. The number of benzene rings is 1. The predicted molar refractivity (Wildman–Crippen MR) is 128 cm³/mol. The molecule has 1 unspecified atom stereocenters. The number of ether oxygens (including phenoxy) is 1. The Morgan fingerprint density at radius 1 is 1.26 bits per heavy atom. The molecule has 1 aromatic carbocycles. The Balaban J connectivity index is 0.00000341. The molecule has 1 aromatic rings. The summed E-state index contributed by atoms with van der Waals surface area (Å²) < 4.78 is 18.4. The van der Waals surface area contributed by atoms with Gasteiger partial charge in [0.2, 0.25) is 5.91 Å². The number of aliphatic imine (C=N–C) groups is 1. The number of aliphatic hydroxyl groups excluding tert-OH is 1. The van der Waals surface area contributed by atoms with Crippen molar-refractivity contribution >= 4 is 35.8 Å². The Morgan fingerprint density at radius 2 is 1.94 bits per heavy atom. The number of halogens is 2. The highest BCUT2D eigenvalue weighted by molar-refractivity contribution is 14.0. The lowest BCUT2D eigenvalue weighted by atomic mass is 10.3. The first kappa shape index (κ1) is 25.6. The number of carbonyl (C=O) groups is 1. The summed E-state index contributed by atoms with van der Waals surface area (Å²) in [5, 5.41) is 16.5. The SMILES string of the molecule is CCNC(=NCC(O)COc1ccc(F)cc1)N1CCN(CC(=O)NC2CC2)CC1.I. The van der Waals surface area contributed by atoms with E-state index in [4.69, 9.17) is 4.74 Å². The Labute approximate surface area is 200 Å². The summed E-state index contributed by atoms with van der Waals surface area (Å²) >= 11 is 0. The van der Waals surface area contributed by atoms with Crippen LogP contribution in [0.25, 0.3) is 0 Å². The van der Waals surface area contributed by atoms with Gasteiger partial charge in [-0.3, -0.25) is 14.7 Å². The van der Waals surface area contributed by atoms with Crippen molar-refractivity contribution in [1.29, 1.82) is 0 Å². The molecule has 2 fully saturated rings. The van der Waals surface area contributed by atoms with E-state index in [-0.39, 0.29) is 48.9 Å². The highest BCUT2D eigenvalue weighted by Crippen LogP contribution is 2.18. The number of hydrogen-bond donors (Lipinski definition) is 3. The second-order valence-electron chi connectivity index (χ2n) is 7.72. The molecule has 0 aromatic heterocycles. The van der Waals surface area contributed by atoms with Crippen LogP contribution in [0.1, 0.15) is 19.8 Å². The molecule has 2 aliphatic rings. The van der Waals surface area contributed by atoms with Crippen LogP contribution in [0.5, 0.6) is 5.75 Å². The lowest BCUT2D eigenvalue weighted by Gasteiger charge is -2.36. The second-order valence-corrected chi connectivity index (χ2v) is 7.72. The van der Waals surface area contributed by atoms with E-state index in [1.165, 1.54) is 24.3 Å². The molecule has 1 saturated carbocycles. The van der Waals surface area contributed by atoms with E-state index in [1.807, 2.05) is 6.92 Å². The molecule has 0 spiro atoms. The normalized spacial score (nSPS) is 18.2. The first-order chi connectivity index (χ1) is 14.5. The van der Waals surface area contributed by atoms with E-state index in [2.05, 4.69) is 25.4 Å². The average molecular weight is 549 g/mol. The van der Waals surface area contributed by atoms with Gasteiger partial charge < -0.3 is 25.4 Å². The summed E-state index contributed by atoms with van der Waals surface area (Å²) in [5.74, 6) is 1.04. The summed E-state index contributed by atoms with van der Waals surface area (Å²) in [7, 11) is 0. The highest BCUT2D eigenvalue weighted by atomic mass is 127. The summed E-state index contributed by atoms with van der Waals surface area (Å²) in [6.45, 7) is 6.57. The van der Waals surface area contributed by atoms with Gasteiger partial charge in [-0.15, -0.1) is 24.0 Å². The summed E-state index contributed by atoms with van der Waals surface area (Å²) in [4.78, 5) is 20.8. The van der Waals surface area contributed by atoms with E-state index in [9.17, 15) is 14.3 Å². The smallest absolute Gasteiger partial charge is 0.234 e. The fourth-order valence-electron chi connectivity index (χ4n) is 3.22. The Bertz CT molecular complexity index is 709. The minimum absolute atomic E-state index is 0. The quantitative estimate of drug-likeness (QED) is 0.243. The molecule has 3 N–H and O–H groups in total. The Morgan fingerprint density at radius 3 is 2.55 bits per heavy atom. The van der Waals surface area contributed by atoms with Crippen LogP contribution in [-0.4, -0.2) is 91.3 Å². The molecule has 174 valence electrons. The molecule has 1 saturated heterocycles. The minimum Gasteiger partial charge on any atom is -0.491 e. The minimum atomic E-state index is -0.767. The zero-order valence-corrected chi connectivity index (χ0v) is 20.3. The number of aliphatic hydroxyl groups is 1. The number of carbonyl (C=O) groups excluding carboxylic acids is 1. The zero-order valence-electron chi connectivity index (χ0n) is 17.9. The van der Waals surface area contributed by atoms with E-state index < -0.39 is 6.10 Å². The first-order valence-electron chi connectivity index (χ1n) is 10.6. The van der Waals surface area contributed by atoms with Crippen molar-refractivity contribution in [2.75, 3.05) is 52.4 Å². The molecule has 1 heterocycles. The van der Waals surface area contributed by atoms with E-state index in [1.54, 1.807) is 0 Å². The molecular weight excluding hydrogens is 516 g/mol. The fraction of sp³-hybridized carbons (Fsp3) is 0.619. The van der Waals surface area contributed by atoms with Gasteiger partial charge in [0.15, 0.2) is 5.96 Å². The Hall–Kier alpha value is -1.66. The third kappa shape index (κ3) is 9.16.